The zero-order valence-electron chi connectivity index (χ0n) is 17.5. The summed E-state index contributed by atoms with van der Waals surface area (Å²) in [6.45, 7) is -1.18. The van der Waals surface area contributed by atoms with Gasteiger partial charge in [0.25, 0.3) is 5.91 Å². The van der Waals surface area contributed by atoms with Crippen molar-refractivity contribution >= 4 is 17.8 Å². The number of halogens is 3. The van der Waals surface area contributed by atoms with Crippen LogP contribution in [-0.2, 0) is 21.7 Å². The minimum atomic E-state index is -4.65. The van der Waals surface area contributed by atoms with Gasteiger partial charge in [-0.1, -0.05) is 36.4 Å². The van der Waals surface area contributed by atoms with Crippen LogP contribution < -0.4 is 14.8 Å². The number of urea groups is 1. The van der Waals surface area contributed by atoms with E-state index in [0.717, 1.165) is 0 Å². The maximum atomic E-state index is 13.1. The smallest absolute Gasteiger partial charge is 0.406 e. The van der Waals surface area contributed by atoms with Gasteiger partial charge in [-0.05, 0) is 30.2 Å². The van der Waals surface area contributed by atoms with Gasteiger partial charge in [0.1, 0.15) is 18.6 Å². The highest BCUT2D eigenvalue weighted by Crippen LogP contribution is 2.37. The minimum Gasteiger partial charge on any atom is -0.454 e. The average molecular weight is 463 g/mol. The maximum absolute atomic E-state index is 13.1. The third-order valence-corrected chi connectivity index (χ3v) is 5.46. The van der Waals surface area contributed by atoms with Crippen LogP contribution in [0.3, 0.4) is 0 Å². The summed E-state index contributed by atoms with van der Waals surface area (Å²) in [5.41, 5.74) is -0.652. The summed E-state index contributed by atoms with van der Waals surface area (Å²) in [7, 11) is 0. The second-order valence-corrected chi connectivity index (χ2v) is 7.87. The molecule has 0 aliphatic carbocycles. The van der Waals surface area contributed by atoms with Crippen molar-refractivity contribution in [2.24, 2.45) is 0 Å². The number of amides is 4. The van der Waals surface area contributed by atoms with Crippen molar-refractivity contribution in [3.63, 3.8) is 0 Å². The number of carbonyl (C=O) groups is 3. The number of nitrogens with zero attached hydrogens (tertiary/aromatic N) is 2. The van der Waals surface area contributed by atoms with Crippen molar-refractivity contribution in [3.05, 3.63) is 59.7 Å². The molecular weight excluding hydrogens is 443 g/mol. The summed E-state index contributed by atoms with van der Waals surface area (Å²) < 4.78 is 49.9. The molecule has 1 fully saturated rings. The Bertz CT molecular complexity index is 1090. The Morgan fingerprint density at radius 1 is 1.12 bits per heavy atom. The van der Waals surface area contributed by atoms with Crippen LogP contribution in [0, 0.1) is 0 Å². The van der Waals surface area contributed by atoms with E-state index >= 15 is 0 Å². The zero-order valence-corrected chi connectivity index (χ0v) is 17.5. The highest BCUT2D eigenvalue weighted by atomic mass is 19.4. The first-order valence-corrected chi connectivity index (χ1v) is 9.99. The summed E-state index contributed by atoms with van der Waals surface area (Å²) in [6.07, 6.45) is -4.65. The Labute approximate surface area is 186 Å². The van der Waals surface area contributed by atoms with E-state index in [1.165, 1.54) is 13.0 Å². The molecular formula is C22H20F3N3O5. The molecule has 4 rings (SSSR count). The van der Waals surface area contributed by atoms with Crippen LogP contribution in [0.5, 0.6) is 11.5 Å². The van der Waals surface area contributed by atoms with E-state index in [1.54, 1.807) is 42.5 Å². The molecule has 33 heavy (non-hydrogen) atoms. The van der Waals surface area contributed by atoms with Gasteiger partial charge in [-0.3, -0.25) is 14.5 Å². The second-order valence-electron chi connectivity index (χ2n) is 7.87. The number of benzene rings is 2. The van der Waals surface area contributed by atoms with Gasteiger partial charge in [-0.25, -0.2) is 4.79 Å². The third kappa shape index (κ3) is 4.57. The Morgan fingerprint density at radius 3 is 2.52 bits per heavy atom. The van der Waals surface area contributed by atoms with Crippen molar-refractivity contribution in [1.82, 2.24) is 15.1 Å². The summed E-state index contributed by atoms with van der Waals surface area (Å²) in [6, 6.07) is 12.0. The lowest BCUT2D eigenvalue weighted by molar-refractivity contribution is -0.163. The number of alkyl halides is 3. The monoisotopic (exact) mass is 463 g/mol. The lowest BCUT2D eigenvalue weighted by atomic mass is 9.91. The molecule has 2 aromatic carbocycles. The standard InChI is InChI=1S/C22H20F3N3O5/c1-21(15-7-8-16-17(9-15)33-13-32-16)19(30)28(20(31)26-21)11-18(29)27(12-22(23,24)25)10-14-5-3-2-4-6-14/h2-9H,10-13H2,1H3,(H,26,31). The predicted molar refractivity (Wildman–Crippen MR) is 108 cm³/mol. The van der Waals surface area contributed by atoms with Gasteiger partial charge in [0.2, 0.25) is 12.7 Å². The first-order valence-electron chi connectivity index (χ1n) is 9.99. The number of imide groups is 1. The molecule has 174 valence electrons. The number of fused-ring (bicyclic) bond motifs is 1. The molecule has 8 nitrogen and oxygen atoms in total. The van der Waals surface area contributed by atoms with Crippen molar-refractivity contribution in [3.8, 4) is 11.5 Å². The third-order valence-electron chi connectivity index (χ3n) is 5.46. The first kappa shape index (κ1) is 22.4. The largest absolute Gasteiger partial charge is 0.454 e. The molecule has 1 unspecified atom stereocenters. The van der Waals surface area contributed by atoms with Gasteiger partial charge in [-0.15, -0.1) is 0 Å². The molecule has 0 saturated carbocycles. The van der Waals surface area contributed by atoms with Gasteiger partial charge in [0.15, 0.2) is 11.5 Å². The molecule has 2 aromatic rings. The summed E-state index contributed by atoms with van der Waals surface area (Å²) in [5.74, 6) is -0.889. The second kappa shape index (κ2) is 8.30. The highest BCUT2D eigenvalue weighted by Gasteiger charge is 2.50. The fraction of sp³-hybridized carbons (Fsp3) is 0.318. The van der Waals surface area contributed by atoms with Gasteiger partial charge < -0.3 is 19.7 Å². The van der Waals surface area contributed by atoms with E-state index in [-0.39, 0.29) is 13.3 Å². The molecule has 1 atom stereocenters. The number of hydrogen-bond donors (Lipinski definition) is 1. The average Bonchev–Trinajstić information content (AvgIpc) is 3.31. The van der Waals surface area contributed by atoms with Crippen LogP contribution in [0.4, 0.5) is 18.0 Å². The Kier molecular flexibility index (Phi) is 5.64. The van der Waals surface area contributed by atoms with Crippen LogP contribution in [0.1, 0.15) is 18.1 Å². The van der Waals surface area contributed by atoms with Crippen LogP contribution in [0.25, 0.3) is 0 Å². The molecule has 2 heterocycles. The maximum Gasteiger partial charge on any atom is 0.406 e. The van der Waals surface area contributed by atoms with Crippen molar-refractivity contribution < 1.29 is 37.0 Å². The molecule has 1 saturated heterocycles. The van der Waals surface area contributed by atoms with Crippen LogP contribution in [0.2, 0.25) is 0 Å². The molecule has 2 aliphatic heterocycles. The first-order chi connectivity index (χ1) is 15.6. The zero-order chi connectivity index (χ0) is 23.8. The lowest BCUT2D eigenvalue weighted by Gasteiger charge is -2.26. The van der Waals surface area contributed by atoms with E-state index in [2.05, 4.69) is 5.32 Å². The van der Waals surface area contributed by atoms with Crippen molar-refractivity contribution in [2.45, 2.75) is 25.2 Å². The molecule has 0 radical (unpaired) electrons. The topological polar surface area (TPSA) is 88.2 Å². The molecule has 0 bridgehead atoms. The van der Waals surface area contributed by atoms with Gasteiger partial charge in [0.05, 0.1) is 0 Å². The summed E-state index contributed by atoms with van der Waals surface area (Å²) in [5, 5.41) is 2.53. The number of hydrogen-bond acceptors (Lipinski definition) is 5. The lowest BCUT2D eigenvalue weighted by Crippen LogP contribution is -2.46. The number of carbonyl (C=O) groups excluding carboxylic acids is 3. The Morgan fingerprint density at radius 2 is 1.82 bits per heavy atom. The number of nitrogens with one attached hydrogen (secondary N) is 1. The van der Waals surface area contributed by atoms with Crippen LogP contribution >= 0.6 is 0 Å². The van der Waals surface area contributed by atoms with E-state index < -0.39 is 42.7 Å². The summed E-state index contributed by atoms with van der Waals surface area (Å²) in [4.78, 5) is 39.7. The predicted octanol–water partition coefficient (Wildman–Crippen LogP) is 2.77. The van der Waals surface area contributed by atoms with Crippen molar-refractivity contribution in [2.75, 3.05) is 19.9 Å². The number of ether oxygens (including phenoxy) is 2. The van der Waals surface area contributed by atoms with Crippen LogP contribution in [0.15, 0.2) is 48.5 Å². The van der Waals surface area contributed by atoms with E-state index in [1.807, 2.05) is 0 Å². The molecule has 1 N–H and O–H groups in total. The van der Waals surface area contributed by atoms with Crippen molar-refractivity contribution in [1.29, 1.82) is 0 Å². The molecule has 11 heteroatoms. The van der Waals surface area contributed by atoms with E-state index in [0.29, 0.717) is 32.4 Å². The molecule has 2 aliphatic rings. The SMILES string of the molecule is CC1(c2ccc3c(c2)OCO3)NC(=O)N(CC(=O)N(Cc2ccccc2)CC(F)(F)F)C1=O. The van der Waals surface area contributed by atoms with Gasteiger partial charge >= 0.3 is 12.2 Å². The fourth-order valence-corrected chi connectivity index (χ4v) is 3.73. The highest BCUT2D eigenvalue weighted by molar-refractivity contribution is 6.09. The fourth-order valence-electron chi connectivity index (χ4n) is 3.73. The van der Waals surface area contributed by atoms with E-state index in [4.69, 9.17) is 9.47 Å². The van der Waals surface area contributed by atoms with Crippen LogP contribution in [-0.4, -0.2) is 53.7 Å². The molecule has 0 spiro atoms. The van der Waals surface area contributed by atoms with Gasteiger partial charge in [-0.2, -0.15) is 13.2 Å². The van der Waals surface area contributed by atoms with E-state index in [9.17, 15) is 27.6 Å². The molecule has 0 aromatic heterocycles. The van der Waals surface area contributed by atoms with Gasteiger partial charge in [0, 0.05) is 6.54 Å². The Balaban J connectivity index is 1.53. The molecule has 4 amide bonds. The Hall–Kier alpha value is -3.76. The quantitative estimate of drug-likeness (QED) is 0.666. The number of rotatable bonds is 6. The minimum absolute atomic E-state index is 0.0207. The summed E-state index contributed by atoms with van der Waals surface area (Å²) >= 11 is 0. The normalized spacial score (nSPS) is 19.6.